The lowest BCUT2D eigenvalue weighted by Crippen LogP contribution is -2.47. The van der Waals surface area contributed by atoms with Crippen LogP contribution < -0.4 is 10.3 Å². The van der Waals surface area contributed by atoms with Crippen molar-refractivity contribution in [1.82, 2.24) is 5.43 Å². The van der Waals surface area contributed by atoms with Crippen LogP contribution in [0, 0.1) is 11.8 Å². The minimum absolute atomic E-state index is 0.0411. The smallest absolute Gasteiger partial charge is 0.243 e. The van der Waals surface area contributed by atoms with E-state index >= 15 is 0 Å². The molecule has 1 saturated carbocycles. The first kappa shape index (κ1) is 12.6. The average Bonchev–Trinajstić information content (AvgIpc) is 2.65. The van der Waals surface area contributed by atoms with Crippen molar-refractivity contribution in [3.8, 4) is 0 Å². The van der Waals surface area contributed by atoms with Crippen molar-refractivity contribution < 1.29 is 9.59 Å². The second-order valence-electron chi connectivity index (χ2n) is 6.16. The normalized spacial score (nSPS) is 30.3. The lowest BCUT2D eigenvalue weighted by atomic mass is 9.68. The molecular weight excluding hydrogens is 266 g/mol. The van der Waals surface area contributed by atoms with Gasteiger partial charge in [-0.2, -0.15) is 5.10 Å². The Morgan fingerprint density at radius 1 is 1.24 bits per heavy atom. The molecule has 2 amide bonds. The van der Waals surface area contributed by atoms with Crippen LogP contribution in [0.1, 0.15) is 36.8 Å². The number of rotatable bonds is 1. The Morgan fingerprint density at radius 2 is 2.00 bits per heavy atom. The number of hydrogen-bond donors (Lipinski definition) is 1. The summed E-state index contributed by atoms with van der Waals surface area (Å²) in [5.74, 6) is 0.373. The quantitative estimate of drug-likeness (QED) is 0.851. The first-order valence-corrected chi connectivity index (χ1v) is 7.37. The summed E-state index contributed by atoms with van der Waals surface area (Å²) in [5, 5.41) is 4.27. The minimum Gasteiger partial charge on any atom is -0.315 e. The highest BCUT2D eigenvalue weighted by molar-refractivity contribution is 6.10. The minimum atomic E-state index is -0.110. The van der Waals surface area contributed by atoms with Gasteiger partial charge in [-0.1, -0.05) is 6.07 Å². The van der Waals surface area contributed by atoms with E-state index in [-0.39, 0.29) is 29.6 Å². The number of carbonyl (C=O) groups excluding carboxylic acids is 2. The third-order valence-electron chi connectivity index (χ3n) is 5.10. The molecule has 1 aromatic rings. The van der Waals surface area contributed by atoms with Gasteiger partial charge in [0.1, 0.15) is 0 Å². The Balaban J connectivity index is 1.75. The van der Waals surface area contributed by atoms with Crippen LogP contribution in [0.4, 0.5) is 5.69 Å². The number of likely N-dealkylation sites (N-methyl/N-ethyl adjacent to an activating group) is 1. The number of hydrogen-bond acceptors (Lipinski definition) is 3. The van der Waals surface area contributed by atoms with E-state index in [0.29, 0.717) is 0 Å². The van der Waals surface area contributed by atoms with Gasteiger partial charge in [-0.25, -0.2) is 5.43 Å². The standard InChI is InChI=1S/C16H17N3O2/c1-8-12-7-9(3-6-13(12)19(2)16(8)21)14-10-4-5-11(10)15(20)18-17-14/h3,6-8,10-11H,4-5H2,1-2H3,(H,18,20). The zero-order valence-electron chi connectivity index (χ0n) is 12.1. The molecule has 21 heavy (non-hydrogen) atoms. The predicted molar refractivity (Wildman–Crippen MR) is 79.2 cm³/mol. The van der Waals surface area contributed by atoms with E-state index in [0.717, 1.165) is 35.4 Å². The zero-order chi connectivity index (χ0) is 14.7. The van der Waals surface area contributed by atoms with Crippen LogP contribution in [0.3, 0.4) is 0 Å². The van der Waals surface area contributed by atoms with Crippen molar-refractivity contribution in [3.63, 3.8) is 0 Å². The number of hydrazone groups is 1. The van der Waals surface area contributed by atoms with Gasteiger partial charge in [0.15, 0.2) is 0 Å². The van der Waals surface area contributed by atoms with E-state index in [1.165, 1.54) is 0 Å². The fourth-order valence-electron chi connectivity index (χ4n) is 3.61. The molecule has 3 atom stereocenters. The van der Waals surface area contributed by atoms with Gasteiger partial charge in [-0.05, 0) is 43.0 Å². The maximum Gasteiger partial charge on any atom is 0.243 e. The molecule has 3 unspecified atom stereocenters. The Kier molecular flexibility index (Phi) is 2.49. The summed E-state index contributed by atoms with van der Waals surface area (Å²) in [6.07, 6.45) is 1.96. The van der Waals surface area contributed by atoms with E-state index in [2.05, 4.69) is 16.6 Å². The lowest BCUT2D eigenvalue weighted by Gasteiger charge is -2.38. The van der Waals surface area contributed by atoms with Gasteiger partial charge < -0.3 is 4.90 Å². The first-order chi connectivity index (χ1) is 10.1. The van der Waals surface area contributed by atoms with Crippen molar-refractivity contribution >= 4 is 23.2 Å². The van der Waals surface area contributed by atoms with Crippen LogP contribution in [0.5, 0.6) is 0 Å². The maximum atomic E-state index is 12.1. The van der Waals surface area contributed by atoms with Gasteiger partial charge >= 0.3 is 0 Å². The second-order valence-corrected chi connectivity index (χ2v) is 6.16. The Hall–Kier alpha value is -2.17. The molecule has 108 valence electrons. The molecule has 1 aromatic carbocycles. The van der Waals surface area contributed by atoms with E-state index in [1.54, 1.807) is 4.90 Å². The van der Waals surface area contributed by atoms with Crippen molar-refractivity contribution in [3.05, 3.63) is 29.3 Å². The van der Waals surface area contributed by atoms with Crippen LogP contribution in [-0.2, 0) is 9.59 Å². The number of amides is 2. The molecule has 0 aromatic heterocycles. The zero-order valence-corrected chi connectivity index (χ0v) is 12.1. The Bertz CT molecular complexity index is 695. The molecule has 0 spiro atoms. The van der Waals surface area contributed by atoms with Crippen LogP contribution in [0.25, 0.3) is 0 Å². The summed E-state index contributed by atoms with van der Waals surface area (Å²) in [6, 6.07) is 6.05. The summed E-state index contributed by atoms with van der Waals surface area (Å²) in [7, 11) is 1.81. The van der Waals surface area contributed by atoms with Gasteiger partial charge in [-0.3, -0.25) is 9.59 Å². The summed E-state index contributed by atoms with van der Waals surface area (Å²) in [5.41, 5.74) is 6.64. The highest BCUT2D eigenvalue weighted by atomic mass is 16.2. The molecule has 1 aliphatic carbocycles. The van der Waals surface area contributed by atoms with E-state index in [4.69, 9.17) is 0 Å². The number of nitrogens with zero attached hydrogens (tertiary/aromatic N) is 2. The average molecular weight is 283 g/mol. The van der Waals surface area contributed by atoms with Crippen molar-refractivity contribution in [2.24, 2.45) is 16.9 Å². The molecule has 1 N–H and O–H groups in total. The van der Waals surface area contributed by atoms with E-state index in [1.807, 2.05) is 26.1 Å². The highest BCUT2D eigenvalue weighted by Crippen LogP contribution is 2.41. The highest BCUT2D eigenvalue weighted by Gasteiger charge is 2.43. The van der Waals surface area contributed by atoms with Crippen LogP contribution in [0.2, 0.25) is 0 Å². The van der Waals surface area contributed by atoms with E-state index < -0.39 is 0 Å². The van der Waals surface area contributed by atoms with Gasteiger partial charge in [0, 0.05) is 24.6 Å². The molecule has 5 heteroatoms. The number of nitrogens with one attached hydrogen (secondary N) is 1. The summed E-state index contributed by atoms with van der Waals surface area (Å²) in [4.78, 5) is 25.5. The first-order valence-electron chi connectivity index (χ1n) is 7.37. The fourth-order valence-corrected chi connectivity index (χ4v) is 3.61. The van der Waals surface area contributed by atoms with Gasteiger partial charge in [0.05, 0.1) is 11.6 Å². The van der Waals surface area contributed by atoms with Gasteiger partial charge in [0.2, 0.25) is 11.8 Å². The van der Waals surface area contributed by atoms with Gasteiger partial charge in [0.25, 0.3) is 0 Å². The molecule has 0 saturated heterocycles. The molecule has 2 heterocycles. The fraction of sp³-hybridized carbons (Fsp3) is 0.438. The summed E-state index contributed by atoms with van der Waals surface area (Å²) in [6.45, 7) is 1.94. The Morgan fingerprint density at radius 3 is 2.71 bits per heavy atom. The molecular formula is C16H17N3O2. The number of benzene rings is 1. The van der Waals surface area contributed by atoms with E-state index in [9.17, 15) is 9.59 Å². The maximum absolute atomic E-state index is 12.1. The lowest BCUT2D eigenvalue weighted by molar-refractivity contribution is -0.129. The molecule has 1 fully saturated rings. The number of fused-ring (bicyclic) bond motifs is 2. The molecule has 4 rings (SSSR count). The largest absolute Gasteiger partial charge is 0.315 e. The van der Waals surface area contributed by atoms with Crippen molar-refractivity contribution in [2.75, 3.05) is 11.9 Å². The Labute approximate surface area is 123 Å². The molecule has 2 aliphatic heterocycles. The summed E-state index contributed by atoms with van der Waals surface area (Å²) < 4.78 is 0. The van der Waals surface area contributed by atoms with Gasteiger partial charge in [-0.15, -0.1) is 0 Å². The molecule has 3 aliphatic rings. The van der Waals surface area contributed by atoms with Crippen molar-refractivity contribution in [1.29, 1.82) is 0 Å². The number of anilines is 1. The SMILES string of the molecule is CC1C(=O)N(C)c2ccc(C3=NNC(=O)C4CCC34)cc21. The topological polar surface area (TPSA) is 61.8 Å². The monoisotopic (exact) mass is 283 g/mol. The summed E-state index contributed by atoms with van der Waals surface area (Å²) >= 11 is 0. The van der Waals surface area contributed by atoms with Crippen LogP contribution in [-0.4, -0.2) is 24.6 Å². The van der Waals surface area contributed by atoms with Crippen LogP contribution in [0.15, 0.2) is 23.3 Å². The second kappa shape index (κ2) is 4.16. The third-order valence-corrected chi connectivity index (χ3v) is 5.10. The number of carbonyl (C=O) groups is 2. The van der Waals surface area contributed by atoms with Crippen molar-refractivity contribution in [2.45, 2.75) is 25.7 Å². The molecule has 0 radical (unpaired) electrons. The molecule has 5 nitrogen and oxygen atoms in total. The third kappa shape index (κ3) is 1.60. The molecule has 0 bridgehead atoms. The van der Waals surface area contributed by atoms with Crippen LogP contribution >= 0.6 is 0 Å². The predicted octanol–water partition coefficient (Wildman–Crippen LogP) is 1.63.